The van der Waals surface area contributed by atoms with Crippen molar-refractivity contribution < 1.29 is 4.74 Å². The van der Waals surface area contributed by atoms with Crippen molar-refractivity contribution in [3.63, 3.8) is 0 Å². The van der Waals surface area contributed by atoms with Crippen LogP contribution < -0.4 is 0 Å². The predicted octanol–water partition coefficient (Wildman–Crippen LogP) is 9.26. The molecule has 0 spiro atoms. The van der Waals surface area contributed by atoms with Gasteiger partial charge in [0.05, 0.1) is 16.7 Å². The third-order valence-electron chi connectivity index (χ3n) is 9.08. The molecule has 0 amide bonds. The zero-order chi connectivity index (χ0) is 29.2. The molecular weight excluding hydrogens is 538 g/mol. The van der Waals surface area contributed by atoms with Crippen LogP contribution in [-0.4, -0.2) is 21.6 Å². The zero-order valence-corrected chi connectivity index (χ0v) is 24.3. The fraction of sp³-hybridized carbons (Fsp3) is 0.100. The molecule has 210 valence electrons. The van der Waals surface area contributed by atoms with Crippen molar-refractivity contribution in [2.45, 2.75) is 25.5 Å². The highest BCUT2D eigenvalue weighted by atomic mass is 16.5. The van der Waals surface area contributed by atoms with Crippen molar-refractivity contribution in [1.29, 1.82) is 0 Å². The normalized spacial score (nSPS) is 17.0. The Morgan fingerprint density at radius 3 is 2.36 bits per heavy atom. The van der Waals surface area contributed by atoms with Crippen molar-refractivity contribution in [2.24, 2.45) is 4.99 Å². The second-order valence-electron chi connectivity index (χ2n) is 11.9. The first-order valence-electron chi connectivity index (χ1n) is 15.2. The first-order chi connectivity index (χ1) is 21.7. The molecule has 0 unspecified atom stereocenters. The van der Waals surface area contributed by atoms with Crippen LogP contribution in [0.5, 0.6) is 0 Å². The van der Waals surface area contributed by atoms with Gasteiger partial charge in [-0.25, -0.2) is 4.99 Å². The Morgan fingerprint density at radius 1 is 0.659 bits per heavy atom. The van der Waals surface area contributed by atoms with Gasteiger partial charge >= 0.3 is 0 Å². The molecule has 0 fully saturated rings. The van der Waals surface area contributed by atoms with E-state index in [4.69, 9.17) is 14.7 Å². The number of aliphatic imine (C=N–C) groups is 1. The molecule has 0 N–H and O–H groups in total. The van der Waals surface area contributed by atoms with Crippen LogP contribution in [0, 0.1) is 6.92 Å². The summed E-state index contributed by atoms with van der Waals surface area (Å²) in [6.07, 6.45) is 2.82. The van der Waals surface area contributed by atoms with Crippen molar-refractivity contribution in [3.05, 3.63) is 156 Å². The third kappa shape index (κ3) is 3.99. The molecule has 7 aromatic rings. The lowest BCUT2D eigenvalue weighted by atomic mass is 10.0. The summed E-state index contributed by atoms with van der Waals surface area (Å²) in [4.78, 5) is 9.88. The van der Waals surface area contributed by atoms with Gasteiger partial charge in [0.2, 0.25) is 5.90 Å². The van der Waals surface area contributed by atoms with Gasteiger partial charge in [-0.2, -0.15) is 0 Å². The van der Waals surface area contributed by atoms with Crippen LogP contribution in [0.4, 0.5) is 0 Å². The van der Waals surface area contributed by atoms with Crippen LogP contribution in [0.25, 0.3) is 49.9 Å². The largest absolute Gasteiger partial charge is 0.471 e. The van der Waals surface area contributed by atoms with E-state index in [-0.39, 0.29) is 12.1 Å². The lowest BCUT2D eigenvalue weighted by Crippen LogP contribution is -2.13. The third-order valence-corrected chi connectivity index (χ3v) is 9.08. The van der Waals surface area contributed by atoms with Gasteiger partial charge < -0.3 is 9.30 Å². The van der Waals surface area contributed by atoms with Gasteiger partial charge in [0.25, 0.3) is 0 Å². The fourth-order valence-electron chi connectivity index (χ4n) is 7.00. The first kappa shape index (κ1) is 25.1. The quantitative estimate of drug-likeness (QED) is 0.213. The summed E-state index contributed by atoms with van der Waals surface area (Å²) in [6.45, 7) is 2.11. The van der Waals surface area contributed by atoms with Gasteiger partial charge in [0.15, 0.2) is 0 Å². The van der Waals surface area contributed by atoms with E-state index in [1.54, 1.807) is 0 Å². The Hall–Kier alpha value is -5.48. The fourth-order valence-corrected chi connectivity index (χ4v) is 7.00. The van der Waals surface area contributed by atoms with Crippen LogP contribution >= 0.6 is 0 Å². The average molecular weight is 568 g/mol. The van der Waals surface area contributed by atoms with Gasteiger partial charge in [-0.3, -0.25) is 4.98 Å². The Kier molecular flexibility index (Phi) is 5.57. The lowest BCUT2D eigenvalue weighted by molar-refractivity contribution is 0.206. The Balaban J connectivity index is 1.27. The average Bonchev–Trinajstić information content (AvgIpc) is 3.74. The molecule has 4 heteroatoms. The van der Waals surface area contributed by atoms with Crippen LogP contribution in [-0.2, 0) is 11.2 Å². The van der Waals surface area contributed by atoms with Gasteiger partial charge in [0, 0.05) is 40.2 Å². The summed E-state index contributed by atoms with van der Waals surface area (Å²) in [5.41, 5.74) is 12.6. The summed E-state index contributed by atoms with van der Waals surface area (Å²) in [6, 6.07) is 45.5. The maximum atomic E-state index is 6.61. The summed E-state index contributed by atoms with van der Waals surface area (Å²) >= 11 is 0. The van der Waals surface area contributed by atoms with Crippen LogP contribution in [0.1, 0.15) is 28.3 Å². The second-order valence-corrected chi connectivity index (χ2v) is 11.9. The minimum Gasteiger partial charge on any atom is -0.471 e. The minimum absolute atomic E-state index is 0.0441. The summed E-state index contributed by atoms with van der Waals surface area (Å²) in [5, 5.41) is 2.43. The maximum Gasteiger partial charge on any atom is 0.217 e. The molecule has 2 aliphatic rings. The molecule has 0 radical (unpaired) electrons. The minimum atomic E-state index is 0.0441. The van der Waals surface area contributed by atoms with Crippen molar-refractivity contribution in [1.82, 2.24) is 9.55 Å². The highest BCUT2D eigenvalue weighted by Crippen LogP contribution is 2.42. The van der Waals surface area contributed by atoms with Crippen LogP contribution in [0.3, 0.4) is 0 Å². The zero-order valence-electron chi connectivity index (χ0n) is 24.3. The van der Waals surface area contributed by atoms with E-state index >= 15 is 0 Å². The number of benzene rings is 5. The number of ether oxygens (including phenoxy) is 1. The van der Waals surface area contributed by atoms with Crippen molar-refractivity contribution >= 4 is 27.7 Å². The van der Waals surface area contributed by atoms with E-state index in [1.807, 2.05) is 12.3 Å². The van der Waals surface area contributed by atoms with Gasteiger partial charge in [0.1, 0.15) is 12.1 Å². The monoisotopic (exact) mass is 567 g/mol. The summed E-state index contributed by atoms with van der Waals surface area (Å²) in [7, 11) is 0. The number of nitrogens with zero attached hydrogens (tertiary/aromatic N) is 3. The highest BCUT2D eigenvalue weighted by molar-refractivity contribution is 6.10. The number of fused-ring (bicyclic) bond motifs is 6. The molecule has 2 aromatic heterocycles. The Labute approximate surface area is 255 Å². The molecule has 1 aliphatic carbocycles. The molecule has 4 nitrogen and oxygen atoms in total. The van der Waals surface area contributed by atoms with E-state index in [0.717, 1.165) is 57.0 Å². The smallest absolute Gasteiger partial charge is 0.217 e. The molecule has 0 bridgehead atoms. The summed E-state index contributed by atoms with van der Waals surface area (Å²) in [5.74, 6) is 0.721. The molecule has 9 rings (SSSR count). The van der Waals surface area contributed by atoms with Crippen LogP contribution in [0.15, 0.2) is 139 Å². The molecule has 44 heavy (non-hydrogen) atoms. The molecule has 3 heterocycles. The topological polar surface area (TPSA) is 39.4 Å². The maximum absolute atomic E-state index is 6.61. The Morgan fingerprint density at radius 2 is 1.45 bits per heavy atom. The van der Waals surface area contributed by atoms with E-state index in [1.165, 1.54) is 27.5 Å². The number of para-hydroxylation sites is 1. The molecule has 5 aromatic carbocycles. The lowest BCUT2D eigenvalue weighted by Gasteiger charge is -2.15. The molecular formula is C40H29N3O. The standard InChI is InChI=1S/C40H29N3O/c1-25-17-18-41-35(19-25)28-15-16-34-33-13-7-8-14-36(33)43(37(34)23-28)31-21-29(26-9-3-2-4-10-26)20-30(22-31)40-42-39-32-12-6-5-11-27(32)24-38(39)44-40/h2-23,38-39H,24H2,1H3/t38-,39+/m0/s1. The number of aryl methyl sites for hydroxylation is 1. The molecule has 0 saturated heterocycles. The number of rotatable bonds is 4. The number of aromatic nitrogens is 2. The van der Waals surface area contributed by atoms with Crippen molar-refractivity contribution in [2.75, 3.05) is 0 Å². The number of hydrogen-bond acceptors (Lipinski definition) is 3. The van der Waals surface area contributed by atoms with E-state index in [2.05, 4.69) is 133 Å². The van der Waals surface area contributed by atoms with Crippen molar-refractivity contribution in [3.8, 4) is 28.1 Å². The van der Waals surface area contributed by atoms with Gasteiger partial charge in [-0.05, 0) is 77.2 Å². The first-order valence-corrected chi connectivity index (χ1v) is 15.2. The Bertz CT molecular complexity index is 2260. The van der Waals surface area contributed by atoms with E-state index in [9.17, 15) is 0 Å². The SMILES string of the molecule is Cc1ccnc(-c2ccc3c4ccccc4n(-c4cc(C5=N[C@@H]6c7ccccc7C[C@@H]6O5)cc(-c5ccccc5)c4)c3c2)c1. The van der Waals surface area contributed by atoms with Gasteiger partial charge in [-0.15, -0.1) is 0 Å². The number of hydrogen-bond donors (Lipinski definition) is 0. The second kappa shape index (κ2) is 9.78. The van der Waals surface area contributed by atoms with Gasteiger partial charge in [-0.1, -0.05) is 84.9 Å². The van der Waals surface area contributed by atoms with E-state index < -0.39 is 0 Å². The molecule has 1 aliphatic heterocycles. The van der Waals surface area contributed by atoms with Crippen LogP contribution in [0.2, 0.25) is 0 Å². The molecule has 0 saturated carbocycles. The number of pyridine rings is 1. The predicted molar refractivity (Wildman–Crippen MR) is 178 cm³/mol. The molecule has 2 atom stereocenters. The van der Waals surface area contributed by atoms with E-state index in [0.29, 0.717) is 0 Å². The highest BCUT2D eigenvalue weighted by Gasteiger charge is 2.39. The summed E-state index contributed by atoms with van der Waals surface area (Å²) < 4.78 is 8.99.